The fourth-order valence-corrected chi connectivity index (χ4v) is 3.91. The average Bonchev–Trinajstić information content (AvgIpc) is 2.24. The van der Waals surface area contributed by atoms with Gasteiger partial charge in [0.2, 0.25) is 0 Å². The Morgan fingerprint density at radius 1 is 1.12 bits per heavy atom. The molecule has 0 heterocycles. The van der Waals surface area contributed by atoms with Crippen molar-refractivity contribution in [3.8, 4) is 0 Å². The minimum absolute atomic E-state index is 0.698. The van der Waals surface area contributed by atoms with E-state index in [-0.39, 0.29) is 0 Å². The highest BCUT2D eigenvalue weighted by atomic mass is 31.2. The normalized spacial score (nSPS) is 11.4. The summed E-state index contributed by atoms with van der Waals surface area (Å²) in [6.07, 6.45) is 4.53. The highest BCUT2D eigenvalue weighted by molar-refractivity contribution is 7.63. The summed E-state index contributed by atoms with van der Waals surface area (Å²) in [4.78, 5) is 0. The summed E-state index contributed by atoms with van der Waals surface area (Å²) in [5.41, 5.74) is 1.28. The van der Waals surface area contributed by atoms with Crippen molar-refractivity contribution in [2.75, 3.05) is 26.4 Å². The zero-order valence-electron chi connectivity index (χ0n) is 12.3. The van der Waals surface area contributed by atoms with Gasteiger partial charge in [0.05, 0.1) is 19.8 Å². The van der Waals surface area contributed by atoms with Crippen molar-refractivity contribution in [1.29, 1.82) is 0 Å². The van der Waals surface area contributed by atoms with Crippen LogP contribution >= 0.6 is 7.87 Å². The zero-order chi connectivity index (χ0) is 13.3. The maximum absolute atomic E-state index is 5.90. The summed E-state index contributed by atoms with van der Waals surface area (Å²) in [5, 5.41) is 0. The Morgan fingerprint density at radius 3 is 2.00 bits per heavy atom. The fourth-order valence-electron chi connectivity index (χ4n) is 1.63. The molecule has 0 spiro atoms. The number of allylic oxidation sites excluding steroid dienone is 1. The van der Waals surface area contributed by atoms with Gasteiger partial charge in [-0.2, -0.15) is 9.05 Å². The lowest BCUT2D eigenvalue weighted by Crippen LogP contribution is -2.23. The third-order valence-corrected chi connectivity index (χ3v) is 5.08. The molecule has 102 valence electrons. The summed E-state index contributed by atoms with van der Waals surface area (Å²) >= 11 is 0. The minimum atomic E-state index is -1.91. The topological polar surface area (TPSA) is 21.7 Å². The quantitative estimate of drug-likeness (QED) is 0.572. The van der Waals surface area contributed by atoms with Crippen LogP contribution in [0.4, 0.5) is 0 Å². The Morgan fingerprint density at radius 2 is 1.65 bits per heavy atom. The number of nitrogens with zero attached hydrogens (tertiary/aromatic N) is 1. The van der Waals surface area contributed by atoms with Crippen LogP contribution in [0.2, 0.25) is 0 Å². The first-order valence-electron chi connectivity index (χ1n) is 6.57. The smallest absolute Gasteiger partial charge is 0.206 e. The zero-order valence-corrected chi connectivity index (χ0v) is 13.2. The molecule has 0 aliphatic heterocycles. The van der Waals surface area contributed by atoms with E-state index in [1.54, 1.807) is 0 Å². The highest BCUT2D eigenvalue weighted by Crippen LogP contribution is 2.61. The van der Waals surface area contributed by atoms with Gasteiger partial charge in [0.25, 0.3) is 0 Å². The van der Waals surface area contributed by atoms with Gasteiger partial charge in [0.15, 0.2) is 0 Å². The van der Waals surface area contributed by atoms with Crippen LogP contribution in [0.25, 0.3) is 0 Å². The second-order valence-electron chi connectivity index (χ2n) is 4.36. The van der Waals surface area contributed by atoms with Gasteiger partial charge in [-0.15, -0.1) is 0 Å². The molecular weight excluding hydrogens is 233 g/mol. The van der Waals surface area contributed by atoms with E-state index in [4.69, 9.17) is 9.05 Å². The summed E-state index contributed by atoms with van der Waals surface area (Å²) in [5.74, 6) is 0. The first-order valence-corrected chi connectivity index (χ1v) is 8.60. The van der Waals surface area contributed by atoms with Gasteiger partial charge >= 0.3 is 7.87 Å². The molecule has 4 heteroatoms. The van der Waals surface area contributed by atoms with Crippen LogP contribution in [0.5, 0.6) is 0 Å². The molecule has 3 nitrogen and oxygen atoms in total. The molecule has 0 bridgehead atoms. The second-order valence-corrected chi connectivity index (χ2v) is 7.00. The van der Waals surface area contributed by atoms with Crippen molar-refractivity contribution >= 4 is 7.87 Å². The van der Waals surface area contributed by atoms with Crippen LogP contribution in [0, 0.1) is 0 Å². The van der Waals surface area contributed by atoms with Crippen LogP contribution < -0.4 is 0 Å². The molecule has 0 fully saturated rings. The predicted octanol–water partition coefficient (Wildman–Crippen LogP) is 4.48. The van der Waals surface area contributed by atoms with Gasteiger partial charge in [-0.1, -0.05) is 18.9 Å². The SMILES string of the molecule is CCCCN(C=C(C)C)[P+](C)(OCC)OCC. The number of unbranched alkanes of at least 4 members (excludes halogenated alkanes) is 1. The van der Waals surface area contributed by atoms with Crippen LogP contribution in [0.3, 0.4) is 0 Å². The van der Waals surface area contributed by atoms with E-state index < -0.39 is 7.87 Å². The lowest BCUT2D eigenvalue weighted by atomic mass is 10.3. The molecule has 0 aliphatic carbocycles. The van der Waals surface area contributed by atoms with Gasteiger partial charge < -0.3 is 0 Å². The number of hydrogen-bond donors (Lipinski definition) is 0. The summed E-state index contributed by atoms with van der Waals surface area (Å²) in [6, 6.07) is 0. The molecule has 0 radical (unpaired) electrons. The summed E-state index contributed by atoms with van der Waals surface area (Å²) in [7, 11) is -1.91. The van der Waals surface area contributed by atoms with E-state index in [2.05, 4.69) is 38.3 Å². The molecule has 0 atom stereocenters. The Bertz CT molecular complexity index is 221. The molecule has 0 unspecified atom stereocenters. The monoisotopic (exact) mass is 262 g/mol. The van der Waals surface area contributed by atoms with E-state index in [0.29, 0.717) is 13.2 Å². The van der Waals surface area contributed by atoms with Crippen molar-refractivity contribution < 1.29 is 9.05 Å². The van der Waals surface area contributed by atoms with Crippen molar-refractivity contribution in [1.82, 2.24) is 4.67 Å². The molecule has 0 aromatic rings. The van der Waals surface area contributed by atoms with Crippen molar-refractivity contribution in [3.63, 3.8) is 0 Å². The van der Waals surface area contributed by atoms with Gasteiger partial charge in [-0.3, -0.25) is 0 Å². The first-order chi connectivity index (χ1) is 8.00. The lowest BCUT2D eigenvalue weighted by molar-refractivity contribution is 0.215. The molecule has 0 saturated carbocycles. The molecule has 0 N–H and O–H groups in total. The summed E-state index contributed by atoms with van der Waals surface area (Å²) in [6.45, 7) is 15.0. The van der Waals surface area contributed by atoms with Gasteiger partial charge in [0, 0.05) is 6.20 Å². The van der Waals surface area contributed by atoms with Crippen molar-refractivity contribution in [2.45, 2.75) is 47.5 Å². The maximum atomic E-state index is 5.90. The lowest BCUT2D eigenvalue weighted by Gasteiger charge is -2.29. The third-order valence-electron chi connectivity index (χ3n) is 2.35. The average molecular weight is 262 g/mol. The Labute approximate surface area is 108 Å². The Kier molecular flexibility index (Phi) is 8.85. The third kappa shape index (κ3) is 6.40. The minimum Gasteiger partial charge on any atom is -0.206 e. The van der Waals surface area contributed by atoms with Crippen molar-refractivity contribution in [2.24, 2.45) is 0 Å². The Hall–Kier alpha value is -0.110. The molecule has 17 heavy (non-hydrogen) atoms. The molecule has 0 saturated heterocycles. The van der Waals surface area contributed by atoms with Crippen LogP contribution in [0.15, 0.2) is 11.8 Å². The molecule has 0 aromatic heterocycles. The van der Waals surface area contributed by atoms with Crippen LogP contribution in [0.1, 0.15) is 47.5 Å². The maximum Gasteiger partial charge on any atom is 0.368 e. The van der Waals surface area contributed by atoms with Crippen molar-refractivity contribution in [3.05, 3.63) is 11.8 Å². The molecule has 0 aromatic carbocycles. The summed E-state index contributed by atoms with van der Waals surface area (Å²) < 4.78 is 14.1. The highest BCUT2D eigenvalue weighted by Gasteiger charge is 2.41. The standard InChI is InChI=1S/C13H29NO2P/c1-7-10-11-14(12-13(4)5)17(6,15-8-2)16-9-3/h12H,7-11H2,1-6H3/q+1. The van der Waals surface area contributed by atoms with Crippen LogP contribution in [-0.2, 0) is 9.05 Å². The molecule has 0 aliphatic rings. The first kappa shape index (κ1) is 16.9. The van der Waals surface area contributed by atoms with E-state index >= 15 is 0 Å². The van der Waals surface area contributed by atoms with E-state index in [9.17, 15) is 0 Å². The van der Waals surface area contributed by atoms with Gasteiger partial charge in [0.1, 0.15) is 6.66 Å². The van der Waals surface area contributed by atoms with Crippen LogP contribution in [-0.4, -0.2) is 31.1 Å². The van der Waals surface area contributed by atoms with Gasteiger partial charge in [-0.05, 0) is 34.1 Å². The second kappa shape index (κ2) is 8.91. The van der Waals surface area contributed by atoms with Gasteiger partial charge in [-0.25, -0.2) is 4.67 Å². The van der Waals surface area contributed by atoms with E-state index in [1.165, 1.54) is 18.4 Å². The number of hydrogen-bond acceptors (Lipinski definition) is 3. The molecule has 0 rings (SSSR count). The Balaban J connectivity index is 4.84. The fraction of sp³-hybridized carbons (Fsp3) is 0.846. The van der Waals surface area contributed by atoms with E-state index in [0.717, 1.165) is 6.54 Å². The largest absolute Gasteiger partial charge is 0.368 e. The number of rotatable bonds is 9. The predicted molar refractivity (Wildman–Crippen MR) is 77.1 cm³/mol. The molecule has 0 amide bonds. The molecular formula is C13H29NO2P+. The van der Waals surface area contributed by atoms with E-state index in [1.807, 2.05) is 13.8 Å².